The van der Waals surface area contributed by atoms with E-state index in [1.165, 1.54) is 19.4 Å². The van der Waals surface area contributed by atoms with Crippen molar-refractivity contribution in [2.24, 2.45) is 0 Å². The van der Waals surface area contributed by atoms with Gasteiger partial charge in [-0.2, -0.15) is 0 Å². The zero-order valence-electron chi connectivity index (χ0n) is 5.54. The summed E-state index contributed by atoms with van der Waals surface area (Å²) in [6.07, 6.45) is 1.49. The fourth-order valence-corrected chi connectivity index (χ4v) is 0.615. The second kappa shape index (κ2) is 3.15. The van der Waals surface area contributed by atoms with Crippen molar-refractivity contribution in [3.8, 4) is 5.75 Å². The van der Waals surface area contributed by atoms with Crippen LogP contribution in [0.5, 0.6) is 5.75 Å². The van der Waals surface area contributed by atoms with Crippen LogP contribution in [0.2, 0.25) is 0 Å². The summed E-state index contributed by atoms with van der Waals surface area (Å²) in [6.45, 7) is 0.433. The van der Waals surface area contributed by atoms with E-state index in [0.29, 0.717) is 12.4 Å². The van der Waals surface area contributed by atoms with Gasteiger partial charge in [0, 0.05) is 12.3 Å². The van der Waals surface area contributed by atoms with Gasteiger partial charge in [-0.15, -0.1) is 0 Å². The SMILES string of the molecule is COc1ccnc([CH]F)c1. The van der Waals surface area contributed by atoms with Crippen molar-refractivity contribution in [2.45, 2.75) is 0 Å². The van der Waals surface area contributed by atoms with E-state index < -0.39 is 0 Å². The molecule has 1 aromatic rings. The molecule has 0 saturated carbocycles. The Morgan fingerprint density at radius 1 is 1.70 bits per heavy atom. The van der Waals surface area contributed by atoms with Gasteiger partial charge in [0.25, 0.3) is 0 Å². The summed E-state index contributed by atoms with van der Waals surface area (Å²) < 4.78 is 16.6. The fraction of sp³-hybridized carbons (Fsp3) is 0.143. The highest BCUT2D eigenvalue weighted by molar-refractivity contribution is 5.24. The highest BCUT2D eigenvalue weighted by Crippen LogP contribution is 2.10. The number of hydrogen-bond acceptors (Lipinski definition) is 2. The average Bonchev–Trinajstić information content (AvgIpc) is 2.05. The van der Waals surface area contributed by atoms with Crippen LogP contribution in [0.1, 0.15) is 5.69 Å². The number of nitrogens with zero attached hydrogens (tertiary/aromatic N) is 1. The van der Waals surface area contributed by atoms with E-state index in [2.05, 4.69) is 4.98 Å². The monoisotopic (exact) mass is 140 g/mol. The minimum Gasteiger partial charge on any atom is -0.497 e. The molecule has 0 amide bonds. The van der Waals surface area contributed by atoms with Crippen molar-refractivity contribution in [1.82, 2.24) is 4.98 Å². The summed E-state index contributed by atoms with van der Waals surface area (Å²) in [6, 6.07) is 3.17. The van der Waals surface area contributed by atoms with Gasteiger partial charge >= 0.3 is 0 Å². The Labute approximate surface area is 58.7 Å². The van der Waals surface area contributed by atoms with E-state index in [4.69, 9.17) is 4.74 Å². The second-order valence-corrected chi connectivity index (χ2v) is 1.73. The highest BCUT2D eigenvalue weighted by Gasteiger charge is 1.94. The number of pyridine rings is 1. The van der Waals surface area contributed by atoms with Crippen LogP contribution in [0.25, 0.3) is 0 Å². The predicted molar refractivity (Wildman–Crippen MR) is 35.3 cm³/mol. The number of halogens is 1. The van der Waals surface area contributed by atoms with E-state index >= 15 is 0 Å². The van der Waals surface area contributed by atoms with Gasteiger partial charge in [-0.05, 0) is 6.07 Å². The van der Waals surface area contributed by atoms with Crippen molar-refractivity contribution >= 4 is 0 Å². The molecule has 0 fully saturated rings. The number of ether oxygens (including phenoxy) is 1. The number of methoxy groups -OCH3 is 1. The molecule has 0 aromatic carbocycles. The smallest absolute Gasteiger partial charge is 0.179 e. The lowest BCUT2D eigenvalue weighted by atomic mass is 10.3. The standard InChI is InChI=1S/C7H7FNO/c1-10-7-2-3-9-6(4-7)5-8/h2-5H,1H3. The Hall–Kier alpha value is -1.12. The van der Waals surface area contributed by atoms with Crippen LogP contribution in [-0.2, 0) is 0 Å². The average molecular weight is 140 g/mol. The first-order valence-corrected chi connectivity index (χ1v) is 2.80. The maximum absolute atomic E-state index is 11.8. The second-order valence-electron chi connectivity index (χ2n) is 1.73. The van der Waals surface area contributed by atoms with Crippen LogP contribution in [0.4, 0.5) is 4.39 Å². The van der Waals surface area contributed by atoms with Crippen molar-refractivity contribution in [3.63, 3.8) is 0 Å². The maximum Gasteiger partial charge on any atom is 0.179 e. The fourth-order valence-electron chi connectivity index (χ4n) is 0.615. The predicted octanol–water partition coefficient (Wildman–Crippen LogP) is 1.57. The molecule has 0 N–H and O–H groups in total. The molecule has 1 heterocycles. The third kappa shape index (κ3) is 1.43. The summed E-state index contributed by atoms with van der Waals surface area (Å²) >= 11 is 0. The Morgan fingerprint density at radius 2 is 2.50 bits per heavy atom. The van der Waals surface area contributed by atoms with E-state index in [9.17, 15) is 4.39 Å². The molecule has 1 rings (SSSR count). The van der Waals surface area contributed by atoms with Gasteiger partial charge in [0.2, 0.25) is 0 Å². The Balaban J connectivity index is 2.87. The minimum absolute atomic E-state index is 0.277. The first kappa shape index (κ1) is 6.99. The lowest BCUT2D eigenvalue weighted by Gasteiger charge is -1.98. The minimum atomic E-state index is 0.277. The molecule has 1 radical (unpaired) electrons. The van der Waals surface area contributed by atoms with E-state index in [1.807, 2.05) is 0 Å². The van der Waals surface area contributed by atoms with E-state index in [1.54, 1.807) is 6.07 Å². The molecule has 53 valence electrons. The zero-order valence-corrected chi connectivity index (χ0v) is 5.54. The molecule has 3 heteroatoms. The van der Waals surface area contributed by atoms with Gasteiger partial charge in [-0.1, -0.05) is 0 Å². The van der Waals surface area contributed by atoms with Crippen molar-refractivity contribution in [2.75, 3.05) is 7.11 Å². The largest absolute Gasteiger partial charge is 0.497 e. The molecule has 0 spiro atoms. The molecule has 0 unspecified atom stereocenters. The summed E-state index contributed by atoms with van der Waals surface area (Å²) in [5, 5.41) is 0. The van der Waals surface area contributed by atoms with Gasteiger partial charge in [0.1, 0.15) is 5.75 Å². The van der Waals surface area contributed by atoms with E-state index in [-0.39, 0.29) is 5.69 Å². The molecule has 0 bridgehead atoms. The van der Waals surface area contributed by atoms with Crippen LogP contribution in [0.3, 0.4) is 0 Å². The van der Waals surface area contributed by atoms with Gasteiger partial charge in [-0.3, -0.25) is 4.98 Å². The zero-order chi connectivity index (χ0) is 7.40. The number of hydrogen-bond donors (Lipinski definition) is 0. The van der Waals surface area contributed by atoms with Crippen molar-refractivity contribution in [1.29, 1.82) is 0 Å². The molecule has 10 heavy (non-hydrogen) atoms. The van der Waals surface area contributed by atoms with Crippen LogP contribution >= 0.6 is 0 Å². The number of aromatic nitrogens is 1. The highest BCUT2D eigenvalue weighted by atomic mass is 19.1. The maximum atomic E-state index is 11.8. The summed E-state index contributed by atoms with van der Waals surface area (Å²) in [5.74, 6) is 0.610. The van der Waals surface area contributed by atoms with E-state index in [0.717, 1.165) is 0 Å². The third-order valence-corrected chi connectivity index (χ3v) is 1.10. The number of rotatable bonds is 2. The molecule has 0 atom stereocenters. The van der Waals surface area contributed by atoms with Crippen LogP contribution in [-0.4, -0.2) is 12.1 Å². The van der Waals surface area contributed by atoms with Crippen molar-refractivity contribution in [3.05, 3.63) is 30.7 Å². The Bertz CT molecular complexity index is 195. The summed E-state index contributed by atoms with van der Waals surface area (Å²) in [5.41, 5.74) is 0.277. The van der Waals surface area contributed by atoms with Gasteiger partial charge < -0.3 is 4.74 Å². The lowest BCUT2D eigenvalue weighted by molar-refractivity contribution is 0.413. The summed E-state index contributed by atoms with van der Waals surface area (Å²) in [4.78, 5) is 3.70. The first-order valence-electron chi connectivity index (χ1n) is 2.80. The molecule has 0 aliphatic heterocycles. The van der Waals surface area contributed by atoms with Gasteiger partial charge in [0.05, 0.1) is 12.8 Å². The normalized spacial score (nSPS) is 9.40. The lowest BCUT2D eigenvalue weighted by Crippen LogP contribution is -1.86. The molecular formula is C7H7FNO. The molecule has 2 nitrogen and oxygen atoms in total. The van der Waals surface area contributed by atoms with Crippen LogP contribution in [0.15, 0.2) is 18.3 Å². The van der Waals surface area contributed by atoms with Crippen LogP contribution < -0.4 is 4.74 Å². The van der Waals surface area contributed by atoms with Crippen molar-refractivity contribution < 1.29 is 9.13 Å². The van der Waals surface area contributed by atoms with Crippen LogP contribution in [0, 0.1) is 6.67 Å². The quantitative estimate of drug-likeness (QED) is 0.622. The van der Waals surface area contributed by atoms with Gasteiger partial charge in [-0.25, -0.2) is 4.39 Å². The molecule has 1 aromatic heterocycles. The van der Waals surface area contributed by atoms with Gasteiger partial charge in [0.15, 0.2) is 6.67 Å². The third-order valence-electron chi connectivity index (χ3n) is 1.10. The first-order chi connectivity index (χ1) is 4.86. The Morgan fingerprint density at radius 3 is 3.10 bits per heavy atom. The molecule has 0 aliphatic carbocycles. The topological polar surface area (TPSA) is 22.1 Å². The molecular weight excluding hydrogens is 133 g/mol. The molecule has 0 aliphatic rings. The summed E-state index contributed by atoms with van der Waals surface area (Å²) in [7, 11) is 1.53. The Kier molecular flexibility index (Phi) is 2.20. The molecule has 0 saturated heterocycles.